The molecule has 0 radical (unpaired) electrons. The molecule has 1 N–H and O–H groups in total. The van der Waals surface area contributed by atoms with Crippen LogP contribution in [-0.2, 0) is 0 Å². The smallest absolute Gasteiger partial charge is 0.232 e. The first-order chi connectivity index (χ1) is 9.11. The first kappa shape index (κ1) is 14.1. The van der Waals surface area contributed by atoms with E-state index < -0.39 is 6.10 Å². The Labute approximate surface area is 117 Å². The maximum atomic E-state index is 9.52. The Morgan fingerprint density at radius 2 is 1.95 bits per heavy atom. The van der Waals surface area contributed by atoms with Gasteiger partial charge in [0.25, 0.3) is 0 Å². The first-order valence-electron chi connectivity index (χ1n) is 6.36. The van der Waals surface area contributed by atoms with E-state index in [9.17, 15) is 5.11 Å². The summed E-state index contributed by atoms with van der Waals surface area (Å²) in [5.74, 6) is 1.93. The summed E-state index contributed by atoms with van der Waals surface area (Å²) in [7, 11) is 0. The Hall–Kier alpha value is -1.33. The molecule has 0 aliphatic heterocycles. The summed E-state index contributed by atoms with van der Waals surface area (Å²) in [6, 6.07) is 8.08. The highest BCUT2D eigenvalue weighted by Gasteiger charge is 2.19. The molecule has 2 unspecified atom stereocenters. The molecule has 0 saturated heterocycles. The van der Waals surface area contributed by atoms with Crippen molar-refractivity contribution in [2.24, 2.45) is 0 Å². The Bertz CT molecular complexity index is 522. The van der Waals surface area contributed by atoms with Crippen LogP contribution in [0.5, 0.6) is 0 Å². The molecule has 0 amide bonds. The summed E-state index contributed by atoms with van der Waals surface area (Å²) in [6.45, 7) is 5.70. The van der Waals surface area contributed by atoms with Gasteiger partial charge in [0.05, 0.1) is 12.0 Å². The largest absolute Gasteiger partial charge is 0.393 e. The molecule has 0 fully saturated rings. The average molecular weight is 278 g/mol. The number of aliphatic hydroxyl groups is 1. The van der Waals surface area contributed by atoms with Gasteiger partial charge in [-0.15, -0.1) is 11.8 Å². The van der Waals surface area contributed by atoms with E-state index in [0.29, 0.717) is 11.7 Å². The number of hydrogen-bond donors (Lipinski definition) is 1. The highest BCUT2D eigenvalue weighted by atomic mass is 32.2. The van der Waals surface area contributed by atoms with E-state index in [0.717, 1.165) is 11.3 Å². The summed E-state index contributed by atoms with van der Waals surface area (Å²) < 4.78 is 5.19. The van der Waals surface area contributed by atoms with Crippen molar-refractivity contribution in [2.45, 2.75) is 37.7 Å². The maximum absolute atomic E-state index is 9.52. The number of rotatable bonds is 5. The van der Waals surface area contributed by atoms with E-state index in [1.54, 1.807) is 18.7 Å². The molecule has 0 aliphatic rings. The van der Waals surface area contributed by atoms with Crippen molar-refractivity contribution in [3.8, 4) is 11.4 Å². The van der Waals surface area contributed by atoms with Gasteiger partial charge in [0.2, 0.25) is 11.7 Å². The molecule has 19 heavy (non-hydrogen) atoms. The summed E-state index contributed by atoms with van der Waals surface area (Å²) in [5, 5.41) is 13.5. The lowest BCUT2D eigenvalue weighted by Gasteiger charge is -2.07. The Kier molecular flexibility index (Phi) is 4.61. The van der Waals surface area contributed by atoms with Crippen LogP contribution in [-0.4, -0.2) is 27.1 Å². The van der Waals surface area contributed by atoms with Crippen LogP contribution >= 0.6 is 11.8 Å². The van der Waals surface area contributed by atoms with Crippen molar-refractivity contribution in [3.63, 3.8) is 0 Å². The van der Waals surface area contributed by atoms with Gasteiger partial charge in [-0.3, -0.25) is 0 Å². The fourth-order valence-corrected chi connectivity index (χ4v) is 2.27. The molecule has 2 atom stereocenters. The lowest BCUT2D eigenvalue weighted by molar-refractivity contribution is 0.151. The average Bonchev–Trinajstić information content (AvgIpc) is 2.88. The van der Waals surface area contributed by atoms with Gasteiger partial charge in [0, 0.05) is 10.5 Å². The molecule has 102 valence electrons. The third-order valence-corrected chi connectivity index (χ3v) is 3.87. The number of aromatic nitrogens is 2. The summed E-state index contributed by atoms with van der Waals surface area (Å²) in [5.41, 5.74) is 0.924. The minimum Gasteiger partial charge on any atom is -0.393 e. The van der Waals surface area contributed by atoms with Gasteiger partial charge in [-0.1, -0.05) is 19.0 Å². The van der Waals surface area contributed by atoms with Crippen molar-refractivity contribution in [3.05, 3.63) is 30.2 Å². The molecule has 0 spiro atoms. The lowest BCUT2D eigenvalue weighted by Crippen LogP contribution is -2.11. The number of benzene rings is 1. The van der Waals surface area contributed by atoms with Crippen molar-refractivity contribution in [2.75, 3.05) is 5.75 Å². The second-order valence-electron chi connectivity index (χ2n) is 4.44. The molecule has 2 rings (SSSR count). The van der Waals surface area contributed by atoms with E-state index >= 15 is 0 Å². The standard InChI is InChI=1S/C14H18N2O2S/c1-4-19-12-7-5-11(6-8-12)13-15-14(18-16-13)9(2)10(3)17/h5-10,17H,4H2,1-3H3. The van der Waals surface area contributed by atoms with Crippen LogP contribution in [0.25, 0.3) is 11.4 Å². The third kappa shape index (κ3) is 3.36. The number of nitrogens with zero attached hydrogens (tertiary/aromatic N) is 2. The molecule has 4 nitrogen and oxygen atoms in total. The molecular weight excluding hydrogens is 260 g/mol. The highest BCUT2D eigenvalue weighted by Crippen LogP contribution is 2.24. The van der Waals surface area contributed by atoms with Crippen LogP contribution in [0.4, 0.5) is 0 Å². The quantitative estimate of drug-likeness (QED) is 0.850. The highest BCUT2D eigenvalue weighted by molar-refractivity contribution is 7.99. The summed E-state index contributed by atoms with van der Waals surface area (Å²) in [4.78, 5) is 5.56. The van der Waals surface area contributed by atoms with Crippen LogP contribution in [0.2, 0.25) is 0 Å². The van der Waals surface area contributed by atoms with Gasteiger partial charge >= 0.3 is 0 Å². The van der Waals surface area contributed by atoms with Crippen LogP contribution in [0.1, 0.15) is 32.6 Å². The second-order valence-corrected chi connectivity index (χ2v) is 5.78. The van der Waals surface area contributed by atoms with Gasteiger partial charge in [-0.05, 0) is 36.9 Å². The summed E-state index contributed by atoms with van der Waals surface area (Å²) in [6.07, 6.45) is -0.503. The van der Waals surface area contributed by atoms with Crippen LogP contribution in [0.15, 0.2) is 33.7 Å². The van der Waals surface area contributed by atoms with Gasteiger partial charge in [-0.25, -0.2) is 0 Å². The van der Waals surface area contributed by atoms with Crippen molar-refractivity contribution in [1.29, 1.82) is 0 Å². The zero-order valence-electron chi connectivity index (χ0n) is 11.3. The molecule has 5 heteroatoms. The number of hydrogen-bond acceptors (Lipinski definition) is 5. The minimum atomic E-state index is -0.503. The molecule has 0 saturated carbocycles. The van der Waals surface area contributed by atoms with E-state index in [1.807, 2.05) is 19.1 Å². The molecule has 0 bridgehead atoms. The third-order valence-electron chi connectivity index (χ3n) is 2.98. The first-order valence-corrected chi connectivity index (χ1v) is 7.35. The van der Waals surface area contributed by atoms with Crippen LogP contribution in [0, 0.1) is 0 Å². The zero-order chi connectivity index (χ0) is 13.8. The fourth-order valence-electron chi connectivity index (χ4n) is 1.61. The molecule has 1 heterocycles. The zero-order valence-corrected chi connectivity index (χ0v) is 12.1. The van der Waals surface area contributed by atoms with E-state index in [2.05, 4.69) is 29.2 Å². The van der Waals surface area contributed by atoms with E-state index in [1.165, 1.54) is 4.90 Å². The molecule has 1 aromatic heterocycles. The van der Waals surface area contributed by atoms with Gasteiger partial charge < -0.3 is 9.63 Å². The topological polar surface area (TPSA) is 59.2 Å². The SMILES string of the molecule is CCSc1ccc(-c2noc(C(C)C(C)O)n2)cc1. The Morgan fingerprint density at radius 3 is 2.53 bits per heavy atom. The predicted octanol–water partition coefficient (Wildman–Crippen LogP) is 3.33. The van der Waals surface area contributed by atoms with Crippen LogP contribution in [0.3, 0.4) is 0 Å². The molecule has 1 aromatic carbocycles. The Morgan fingerprint density at radius 1 is 1.26 bits per heavy atom. The lowest BCUT2D eigenvalue weighted by atomic mass is 10.1. The molecule has 0 aliphatic carbocycles. The van der Waals surface area contributed by atoms with E-state index in [-0.39, 0.29) is 5.92 Å². The maximum Gasteiger partial charge on any atom is 0.232 e. The Balaban J connectivity index is 2.18. The van der Waals surface area contributed by atoms with E-state index in [4.69, 9.17) is 4.52 Å². The second kappa shape index (κ2) is 6.21. The minimum absolute atomic E-state index is 0.156. The van der Waals surface area contributed by atoms with Gasteiger partial charge in [-0.2, -0.15) is 4.98 Å². The normalized spacial score (nSPS) is 14.3. The molecule has 2 aromatic rings. The van der Waals surface area contributed by atoms with Gasteiger partial charge in [0.1, 0.15) is 0 Å². The predicted molar refractivity (Wildman–Crippen MR) is 76.2 cm³/mol. The molecular formula is C14H18N2O2S. The number of thioether (sulfide) groups is 1. The number of aliphatic hydroxyl groups excluding tert-OH is 1. The van der Waals surface area contributed by atoms with Gasteiger partial charge in [0.15, 0.2) is 0 Å². The van der Waals surface area contributed by atoms with Crippen LogP contribution < -0.4 is 0 Å². The summed E-state index contributed by atoms with van der Waals surface area (Å²) >= 11 is 1.80. The fraction of sp³-hybridized carbons (Fsp3) is 0.429. The van der Waals surface area contributed by atoms with Crippen molar-refractivity contribution < 1.29 is 9.63 Å². The van der Waals surface area contributed by atoms with Crippen molar-refractivity contribution in [1.82, 2.24) is 10.1 Å². The monoisotopic (exact) mass is 278 g/mol. The van der Waals surface area contributed by atoms with Crippen molar-refractivity contribution >= 4 is 11.8 Å².